The number of hydrogen-bond acceptors (Lipinski definition) is 4. The highest BCUT2D eigenvalue weighted by Gasteiger charge is 2.44. The van der Waals surface area contributed by atoms with Gasteiger partial charge < -0.3 is 14.5 Å². The fourth-order valence-corrected chi connectivity index (χ4v) is 3.26. The number of benzene rings is 1. The molecule has 0 aliphatic rings. The van der Waals surface area contributed by atoms with Crippen LogP contribution in [0.1, 0.15) is 25.1 Å². The Morgan fingerprint density at radius 2 is 1.80 bits per heavy atom. The third-order valence-electron chi connectivity index (χ3n) is 2.80. The summed E-state index contributed by atoms with van der Waals surface area (Å²) in [7, 11) is -4.71. The minimum Gasteiger partial charge on any atom is -0.465 e. The van der Waals surface area contributed by atoms with Gasteiger partial charge in [-0.3, -0.25) is 14.2 Å². The monoisotopic (exact) mass is 300 g/mol. The number of ketones is 1. The summed E-state index contributed by atoms with van der Waals surface area (Å²) in [5.41, 5.74) is -1.30. The maximum Gasteiger partial charge on any atom is 0.334 e. The lowest BCUT2D eigenvalue weighted by molar-refractivity contribution is -0.151. The van der Waals surface area contributed by atoms with Gasteiger partial charge in [0.2, 0.25) is 0 Å². The number of carbonyl (C=O) groups is 2. The van der Waals surface area contributed by atoms with E-state index in [1.807, 2.05) is 0 Å². The average molecular weight is 300 g/mol. The SMILES string of the molecule is CCOC(=O)C(C(C)=O)C(c1ccccc1)P(=O)(O)O. The predicted octanol–water partition coefficient (Wildman–Crippen LogP) is 1.67. The van der Waals surface area contributed by atoms with Crippen LogP contribution in [0, 0.1) is 5.92 Å². The van der Waals surface area contributed by atoms with Crippen molar-refractivity contribution in [3.8, 4) is 0 Å². The van der Waals surface area contributed by atoms with Crippen molar-refractivity contribution >= 4 is 19.3 Å². The molecule has 7 heteroatoms. The van der Waals surface area contributed by atoms with E-state index in [-0.39, 0.29) is 12.2 Å². The van der Waals surface area contributed by atoms with Gasteiger partial charge in [0.15, 0.2) is 0 Å². The zero-order valence-corrected chi connectivity index (χ0v) is 12.1. The molecular weight excluding hydrogens is 283 g/mol. The van der Waals surface area contributed by atoms with Crippen LogP contribution in [0.4, 0.5) is 0 Å². The Morgan fingerprint density at radius 1 is 1.25 bits per heavy atom. The molecule has 0 aromatic heterocycles. The lowest BCUT2D eigenvalue weighted by Crippen LogP contribution is -2.30. The molecule has 20 heavy (non-hydrogen) atoms. The fraction of sp³-hybridized carbons (Fsp3) is 0.385. The summed E-state index contributed by atoms with van der Waals surface area (Å²) in [6.45, 7) is 2.71. The van der Waals surface area contributed by atoms with Gasteiger partial charge in [0.25, 0.3) is 0 Å². The predicted molar refractivity (Wildman–Crippen MR) is 72.0 cm³/mol. The molecule has 0 aliphatic carbocycles. The Kier molecular flexibility index (Phi) is 5.62. The molecule has 0 bridgehead atoms. The average Bonchev–Trinajstić information content (AvgIpc) is 2.35. The second-order valence-corrected chi connectivity index (χ2v) is 6.02. The van der Waals surface area contributed by atoms with Crippen LogP contribution in [0.15, 0.2) is 30.3 Å². The smallest absolute Gasteiger partial charge is 0.334 e. The first-order valence-corrected chi connectivity index (χ1v) is 7.74. The van der Waals surface area contributed by atoms with Crippen LogP contribution in [0.25, 0.3) is 0 Å². The van der Waals surface area contributed by atoms with E-state index in [0.717, 1.165) is 6.92 Å². The minimum atomic E-state index is -4.71. The number of rotatable bonds is 6. The van der Waals surface area contributed by atoms with Crippen molar-refractivity contribution in [1.82, 2.24) is 0 Å². The summed E-state index contributed by atoms with van der Waals surface area (Å²) < 4.78 is 16.5. The van der Waals surface area contributed by atoms with E-state index in [4.69, 9.17) is 4.74 Å². The molecule has 0 spiro atoms. The molecule has 0 amide bonds. The Labute approximate surface area is 116 Å². The Hall–Kier alpha value is -1.49. The number of ether oxygens (including phenoxy) is 1. The summed E-state index contributed by atoms with van der Waals surface area (Å²) in [6, 6.07) is 7.78. The van der Waals surface area contributed by atoms with Gasteiger partial charge in [-0.2, -0.15) is 0 Å². The summed E-state index contributed by atoms with van der Waals surface area (Å²) >= 11 is 0. The minimum absolute atomic E-state index is 0.0330. The van der Waals surface area contributed by atoms with Gasteiger partial charge in [-0.25, -0.2) is 0 Å². The van der Waals surface area contributed by atoms with E-state index in [9.17, 15) is 23.9 Å². The van der Waals surface area contributed by atoms with Crippen molar-refractivity contribution < 1.29 is 28.7 Å². The van der Waals surface area contributed by atoms with Crippen molar-refractivity contribution in [2.45, 2.75) is 19.5 Å². The maximum atomic E-state index is 11.9. The molecule has 2 N–H and O–H groups in total. The molecule has 0 fully saturated rings. The molecular formula is C13H17O6P. The molecule has 6 nitrogen and oxygen atoms in total. The van der Waals surface area contributed by atoms with Crippen molar-refractivity contribution in [3.63, 3.8) is 0 Å². The van der Waals surface area contributed by atoms with E-state index >= 15 is 0 Å². The Morgan fingerprint density at radius 3 is 2.20 bits per heavy atom. The second kappa shape index (κ2) is 6.79. The van der Waals surface area contributed by atoms with E-state index in [1.54, 1.807) is 25.1 Å². The molecule has 0 saturated carbocycles. The van der Waals surface area contributed by atoms with Gasteiger partial charge in [-0.15, -0.1) is 0 Å². The van der Waals surface area contributed by atoms with Crippen LogP contribution in [0.5, 0.6) is 0 Å². The lowest BCUT2D eigenvalue weighted by Gasteiger charge is -2.24. The van der Waals surface area contributed by atoms with Crippen molar-refractivity contribution in [1.29, 1.82) is 0 Å². The first-order valence-electron chi connectivity index (χ1n) is 6.06. The zero-order chi connectivity index (χ0) is 15.3. The van der Waals surface area contributed by atoms with E-state index in [0.29, 0.717) is 0 Å². The van der Waals surface area contributed by atoms with Gasteiger partial charge in [0.1, 0.15) is 17.4 Å². The molecule has 1 aromatic rings. The highest BCUT2D eigenvalue weighted by atomic mass is 31.2. The summed E-state index contributed by atoms with van der Waals surface area (Å²) in [5, 5.41) is 0. The third kappa shape index (κ3) is 4.00. The van der Waals surface area contributed by atoms with Gasteiger partial charge in [0.05, 0.1) is 6.61 Å². The summed E-state index contributed by atoms with van der Waals surface area (Å²) in [5.74, 6) is -3.07. The maximum absolute atomic E-state index is 11.9. The number of hydrogen-bond donors (Lipinski definition) is 2. The van der Waals surface area contributed by atoms with Crippen LogP contribution < -0.4 is 0 Å². The first-order chi connectivity index (χ1) is 9.29. The van der Waals surface area contributed by atoms with Gasteiger partial charge in [-0.1, -0.05) is 30.3 Å². The highest BCUT2D eigenvalue weighted by Crippen LogP contribution is 2.56. The molecule has 0 saturated heterocycles. The quantitative estimate of drug-likeness (QED) is 0.471. The number of Topliss-reactive ketones (excluding diaryl/α,β-unsaturated/α-hetero) is 1. The molecule has 2 atom stereocenters. The van der Waals surface area contributed by atoms with E-state index in [2.05, 4.69) is 0 Å². The largest absolute Gasteiger partial charge is 0.465 e. The number of esters is 1. The molecule has 110 valence electrons. The van der Waals surface area contributed by atoms with Gasteiger partial charge in [0, 0.05) is 0 Å². The number of carbonyl (C=O) groups excluding carboxylic acids is 2. The molecule has 1 aromatic carbocycles. The standard InChI is InChI=1S/C13H17O6P/c1-3-19-13(15)11(9(2)14)12(20(16,17)18)10-7-5-4-6-8-10/h4-8,11-12H,3H2,1-2H3,(H2,16,17,18). The zero-order valence-electron chi connectivity index (χ0n) is 11.2. The summed E-state index contributed by atoms with van der Waals surface area (Å²) in [6.07, 6.45) is 0. The Balaban J connectivity index is 3.31. The molecule has 1 rings (SSSR count). The van der Waals surface area contributed by atoms with Crippen LogP contribution >= 0.6 is 7.60 Å². The van der Waals surface area contributed by atoms with Crippen molar-refractivity contribution in [3.05, 3.63) is 35.9 Å². The highest BCUT2D eigenvalue weighted by molar-refractivity contribution is 7.52. The molecule has 0 radical (unpaired) electrons. The Bertz CT molecular complexity index is 521. The van der Waals surface area contributed by atoms with Crippen LogP contribution in [0.2, 0.25) is 0 Å². The molecule has 0 aliphatic heterocycles. The molecule has 0 heterocycles. The first kappa shape index (κ1) is 16.6. The third-order valence-corrected chi connectivity index (χ3v) is 4.12. The van der Waals surface area contributed by atoms with Gasteiger partial charge in [-0.05, 0) is 19.4 Å². The topological polar surface area (TPSA) is 101 Å². The van der Waals surface area contributed by atoms with E-state index < -0.39 is 30.9 Å². The normalized spacial score (nSPS) is 14.4. The van der Waals surface area contributed by atoms with E-state index in [1.165, 1.54) is 12.1 Å². The molecule has 2 unspecified atom stereocenters. The van der Waals surface area contributed by atoms with Crippen LogP contribution in [0.3, 0.4) is 0 Å². The lowest BCUT2D eigenvalue weighted by atomic mass is 9.95. The fourth-order valence-electron chi connectivity index (χ4n) is 1.98. The van der Waals surface area contributed by atoms with Crippen molar-refractivity contribution in [2.75, 3.05) is 6.61 Å². The second-order valence-electron chi connectivity index (χ2n) is 4.28. The van der Waals surface area contributed by atoms with Crippen molar-refractivity contribution in [2.24, 2.45) is 5.92 Å². The van der Waals surface area contributed by atoms with Crippen LogP contribution in [-0.4, -0.2) is 28.1 Å². The van der Waals surface area contributed by atoms with Crippen LogP contribution in [-0.2, 0) is 18.9 Å². The van der Waals surface area contributed by atoms with Gasteiger partial charge >= 0.3 is 13.6 Å². The summed E-state index contributed by atoms with van der Waals surface area (Å²) in [4.78, 5) is 42.6.